The van der Waals surface area contributed by atoms with E-state index in [4.69, 9.17) is 4.98 Å². The molecule has 0 unspecified atom stereocenters. The number of fused-ring (bicyclic) bond motifs is 1. The predicted molar refractivity (Wildman–Crippen MR) is 102 cm³/mol. The molecule has 0 fully saturated rings. The summed E-state index contributed by atoms with van der Waals surface area (Å²) in [4.78, 5) is 29.9. The molecule has 1 N–H and O–H groups in total. The van der Waals surface area contributed by atoms with Crippen LogP contribution in [0, 0.1) is 0 Å². The highest BCUT2D eigenvalue weighted by molar-refractivity contribution is 5.76. The summed E-state index contributed by atoms with van der Waals surface area (Å²) in [5, 5.41) is 3.14. The van der Waals surface area contributed by atoms with Gasteiger partial charge in [-0.25, -0.2) is 9.97 Å². The van der Waals surface area contributed by atoms with Gasteiger partial charge in [-0.1, -0.05) is 30.3 Å². The second kappa shape index (κ2) is 8.03. The smallest absolute Gasteiger partial charge is 0.220 e. The van der Waals surface area contributed by atoms with Crippen LogP contribution in [0.1, 0.15) is 42.3 Å². The number of nitrogens with zero attached hydrogens (tertiary/aromatic N) is 4. The molecule has 1 aliphatic carbocycles. The number of carbonyl (C=O) groups is 1. The molecule has 136 valence electrons. The molecule has 6 heteroatoms. The molecule has 1 atom stereocenters. The third-order valence-electron chi connectivity index (χ3n) is 4.77. The molecule has 0 radical (unpaired) electrons. The Hall–Kier alpha value is -3.15. The lowest BCUT2D eigenvalue weighted by molar-refractivity contribution is -0.121. The zero-order valence-electron chi connectivity index (χ0n) is 15.0. The molecule has 1 aromatic carbocycles. The minimum atomic E-state index is -0.0204. The number of aryl methyl sites for hydroxylation is 2. The first-order valence-corrected chi connectivity index (χ1v) is 9.25. The summed E-state index contributed by atoms with van der Waals surface area (Å²) in [6.07, 6.45) is 10.7. The minimum Gasteiger partial charge on any atom is -0.349 e. The fourth-order valence-corrected chi connectivity index (χ4v) is 3.39. The van der Waals surface area contributed by atoms with Crippen LogP contribution in [0.25, 0.3) is 11.4 Å². The molecule has 0 aliphatic heterocycles. The Morgan fingerprint density at radius 1 is 1.11 bits per heavy atom. The fourth-order valence-electron chi connectivity index (χ4n) is 3.39. The molecule has 2 aromatic heterocycles. The van der Waals surface area contributed by atoms with E-state index >= 15 is 0 Å². The Morgan fingerprint density at radius 3 is 2.81 bits per heavy atom. The van der Waals surface area contributed by atoms with Crippen molar-refractivity contribution in [3.05, 3.63) is 72.1 Å². The first-order valence-electron chi connectivity index (χ1n) is 9.25. The van der Waals surface area contributed by atoms with Gasteiger partial charge in [-0.15, -0.1) is 0 Å². The molecule has 0 spiro atoms. The summed E-state index contributed by atoms with van der Waals surface area (Å²) in [5.74, 6) is 0.759. The van der Waals surface area contributed by atoms with Crippen LogP contribution in [0.2, 0.25) is 0 Å². The Balaban J connectivity index is 1.44. The quantitative estimate of drug-likeness (QED) is 0.757. The first-order chi connectivity index (χ1) is 13.3. The fraction of sp³-hybridized carbons (Fsp3) is 0.286. The van der Waals surface area contributed by atoms with Gasteiger partial charge >= 0.3 is 0 Å². The molecule has 0 bridgehead atoms. The van der Waals surface area contributed by atoms with E-state index in [0.29, 0.717) is 12.8 Å². The number of carbonyl (C=O) groups excluding carboxylic acids is 1. The highest BCUT2D eigenvalue weighted by Gasteiger charge is 2.24. The SMILES string of the molecule is O=C(CCc1cnccn1)N[C@H]1CCCc2nc(-c3ccccc3)ncc21. The van der Waals surface area contributed by atoms with Crippen molar-refractivity contribution in [2.45, 2.75) is 38.1 Å². The van der Waals surface area contributed by atoms with Gasteiger partial charge in [0.05, 0.1) is 11.7 Å². The number of aromatic nitrogens is 4. The maximum Gasteiger partial charge on any atom is 0.220 e. The van der Waals surface area contributed by atoms with Crippen molar-refractivity contribution in [1.82, 2.24) is 25.3 Å². The van der Waals surface area contributed by atoms with Gasteiger partial charge in [0.1, 0.15) is 0 Å². The molecule has 1 aliphatic rings. The molecule has 27 heavy (non-hydrogen) atoms. The van der Waals surface area contributed by atoms with Crippen molar-refractivity contribution in [3.63, 3.8) is 0 Å². The van der Waals surface area contributed by atoms with Gasteiger partial charge in [0.2, 0.25) is 5.91 Å². The van der Waals surface area contributed by atoms with E-state index < -0.39 is 0 Å². The van der Waals surface area contributed by atoms with Gasteiger partial charge in [0, 0.05) is 48.0 Å². The Labute approximate surface area is 158 Å². The first kappa shape index (κ1) is 17.3. The molecular weight excluding hydrogens is 338 g/mol. The highest BCUT2D eigenvalue weighted by Crippen LogP contribution is 2.29. The predicted octanol–water partition coefficient (Wildman–Crippen LogP) is 3.06. The monoisotopic (exact) mass is 359 g/mol. The van der Waals surface area contributed by atoms with Gasteiger partial charge in [0.25, 0.3) is 0 Å². The van der Waals surface area contributed by atoms with Gasteiger partial charge < -0.3 is 5.32 Å². The normalized spacial score (nSPS) is 15.8. The molecular formula is C21H21N5O. The number of benzene rings is 1. The van der Waals surface area contributed by atoms with Crippen molar-refractivity contribution < 1.29 is 4.79 Å². The summed E-state index contributed by atoms with van der Waals surface area (Å²) in [6, 6.07) is 9.95. The Kier molecular flexibility index (Phi) is 5.14. The molecule has 3 aromatic rings. The van der Waals surface area contributed by atoms with Crippen LogP contribution in [0.5, 0.6) is 0 Å². The number of amides is 1. The van der Waals surface area contributed by atoms with Crippen LogP contribution >= 0.6 is 0 Å². The summed E-state index contributed by atoms with van der Waals surface area (Å²) >= 11 is 0. The number of hydrogen-bond acceptors (Lipinski definition) is 5. The van der Waals surface area contributed by atoms with Crippen LogP contribution in [0.15, 0.2) is 55.1 Å². The summed E-state index contributed by atoms with van der Waals surface area (Å²) in [5.41, 5.74) is 3.91. The third kappa shape index (κ3) is 4.16. The van der Waals surface area contributed by atoms with Gasteiger partial charge in [-0.05, 0) is 25.7 Å². The van der Waals surface area contributed by atoms with E-state index in [1.165, 1.54) is 0 Å². The number of hydrogen-bond donors (Lipinski definition) is 1. The van der Waals surface area contributed by atoms with E-state index in [1.54, 1.807) is 18.6 Å². The lowest BCUT2D eigenvalue weighted by Crippen LogP contribution is -2.31. The Bertz CT molecular complexity index is 914. The summed E-state index contributed by atoms with van der Waals surface area (Å²) < 4.78 is 0. The van der Waals surface area contributed by atoms with E-state index in [9.17, 15) is 4.79 Å². The third-order valence-corrected chi connectivity index (χ3v) is 4.77. The van der Waals surface area contributed by atoms with Crippen LogP contribution in [0.4, 0.5) is 0 Å². The Morgan fingerprint density at radius 2 is 2.00 bits per heavy atom. The molecule has 2 heterocycles. The van der Waals surface area contributed by atoms with Gasteiger partial charge in [-0.3, -0.25) is 14.8 Å². The molecule has 4 rings (SSSR count). The molecule has 1 amide bonds. The average Bonchev–Trinajstić information content (AvgIpc) is 2.73. The molecule has 6 nitrogen and oxygen atoms in total. The van der Waals surface area contributed by atoms with Crippen molar-refractivity contribution in [2.24, 2.45) is 0 Å². The second-order valence-corrected chi connectivity index (χ2v) is 6.67. The summed E-state index contributed by atoms with van der Waals surface area (Å²) in [6.45, 7) is 0. The van der Waals surface area contributed by atoms with Crippen molar-refractivity contribution in [1.29, 1.82) is 0 Å². The van der Waals surface area contributed by atoms with Crippen LogP contribution < -0.4 is 5.32 Å². The van der Waals surface area contributed by atoms with E-state index in [2.05, 4.69) is 20.3 Å². The van der Waals surface area contributed by atoms with Gasteiger partial charge in [-0.2, -0.15) is 0 Å². The minimum absolute atomic E-state index is 0.0191. The topological polar surface area (TPSA) is 80.7 Å². The zero-order valence-corrected chi connectivity index (χ0v) is 15.0. The van der Waals surface area contributed by atoms with E-state index in [0.717, 1.165) is 47.6 Å². The standard InChI is InChI=1S/C21H21N5O/c27-20(10-9-16-13-22-11-12-23-16)25-18-7-4-8-19-17(18)14-24-21(26-19)15-5-2-1-3-6-15/h1-3,5-6,11-14,18H,4,7-10H2,(H,25,27)/t18-/m0/s1. The van der Waals surface area contributed by atoms with Crippen molar-refractivity contribution in [2.75, 3.05) is 0 Å². The van der Waals surface area contributed by atoms with Crippen LogP contribution in [-0.4, -0.2) is 25.8 Å². The highest BCUT2D eigenvalue weighted by atomic mass is 16.1. The van der Waals surface area contributed by atoms with Crippen LogP contribution in [0.3, 0.4) is 0 Å². The van der Waals surface area contributed by atoms with E-state index in [-0.39, 0.29) is 11.9 Å². The van der Waals surface area contributed by atoms with Gasteiger partial charge in [0.15, 0.2) is 5.82 Å². The van der Waals surface area contributed by atoms with Crippen molar-refractivity contribution in [3.8, 4) is 11.4 Å². The maximum atomic E-state index is 12.4. The summed E-state index contributed by atoms with van der Waals surface area (Å²) in [7, 11) is 0. The number of rotatable bonds is 5. The largest absolute Gasteiger partial charge is 0.349 e. The molecule has 0 saturated carbocycles. The second-order valence-electron chi connectivity index (χ2n) is 6.67. The molecule has 0 saturated heterocycles. The van der Waals surface area contributed by atoms with Crippen LogP contribution in [-0.2, 0) is 17.6 Å². The average molecular weight is 359 g/mol. The lowest BCUT2D eigenvalue weighted by Gasteiger charge is -2.25. The van der Waals surface area contributed by atoms with E-state index in [1.807, 2.05) is 36.5 Å². The lowest BCUT2D eigenvalue weighted by atomic mass is 9.92. The maximum absolute atomic E-state index is 12.4. The van der Waals surface area contributed by atoms with Crippen molar-refractivity contribution >= 4 is 5.91 Å². The number of nitrogens with one attached hydrogen (secondary N) is 1. The zero-order chi connectivity index (χ0) is 18.5.